The summed E-state index contributed by atoms with van der Waals surface area (Å²) in [6, 6.07) is 10.8. The molecule has 0 bridgehead atoms. The molecule has 0 aliphatic heterocycles. The monoisotopic (exact) mass is 286 g/mol. The van der Waals surface area contributed by atoms with E-state index >= 15 is 0 Å². The summed E-state index contributed by atoms with van der Waals surface area (Å²) in [5.41, 5.74) is 1.48. The topological polar surface area (TPSA) is 88.5 Å². The van der Waals surface area contributed by atoms with Crippen LogP contribution in [0.4, 0.5) is 10.6 Å². The summed E-state index contributed by atoms with van der Waals surface area (Å²) in [5, 5.41) is 11.4. The van der Waals surface area contributed by atoms with Gasteiger partial charge in [0.1, 0.15) is 12.4 Å². The van der Waals surface area contributed by atoms with Crippen LogP contribution in [0, 0.1) is 6.92 Å². The number of benzene rings is 1. The lowest BCUT2D eigenvalue weighted by molar-refractivity contribution is 0.0695. The van der Waals surface area contributed by atoms with Gasteiger partial charge in [-0.1, -0.05) is 30.3 Å². The number of carboxylic acid groups (broad SMARTS) is 1. The zero-order chi connectivity index (χ0) is 15.2. The van der Waals surface area contributed by atoms with Crippen LogP contribution in [0.1, 0.15) is 21.5 Å². The van der Waals surface area contributed by atoms with Crippen LogP contribution < -0.4 is 5.32 Å². The van der Waals surface area contributed by atoms with Crippen molar-refractivity contribution in [3.63, 3.8) is 0 Å². The number of aromatic carboxylic acids is 1. The maximum Gasteiger partial charge on any atom is 0.413 e. The summed E-state index contributed by atoms with van der Waals surface area (Å²) >= 11 is 0. The number of nitrogens with zero attached hydrogens (tertiary/aromatic N) is 1. The Morgan fingerprint density at radius 3 is 2.62 bits per heavy atom. The number of pyridine rings is 1. The van der Waals surface area contributed by atoms with Gasteiger partial charge in [-0.05, 0) is 24.1 Å². The summed E-state index contributed by atoms with van der Waals surface area (Å²) in [7, 11) is 0. The Labute approximate surface area is 121 Å². The second-order valence-corrected chi connectivity index (χ2v) is 4.38. The van der Waals surface area contributed by atoms with E-state index in [0.29, 0.717) is 5.56 Å². The van der Waals surface area contributed by atoms with Crippen LogP contribution in [0.25, 0.3) is 0 Å². The molecule has 2 rings (SSSR count). The Bertz CT molecular complexity index is 656. The molecule has 0 saturated heterocycles. The average molecular weight is 286 g/mol. The van der Waals surface area contributed by atoms with Gasteiger partial charge in [0, 0.05) is 6.20 Å². The third kappa shape index (κ3) is 4.04. The number of ether oxygens (including phenoxy) is 1. The minimum atomic E-state index is -1.06. The Morgan fingerprint density at radius 2 is 2.00 bits per heavy atom. The predicted molar refractivity (Wildman–Crippen MR) is 76.2 cm³/mol. The van der Waals surface area contributed by atoms with Crippen molar-refractivity contribution in [1.29, 1.82) is 0 Å². The van der Waals surface area contributed by atoms with Crippen molar-refractivity contribution in [3.8, 4) is 0 Å². The van der Waals surface area contributed by atoms with E-state index in [1.807, 2.05) is 30.3 Å². The standard InChI is InChI=1S/C15H14N2O4/c1-10-7-13(16-8-12(10)14(18)19)17-15(20)21-9-11-5-3-2-4-6-11/h2-8H,9H2,1H3,(H,18,19)(H,16,17,20). The molecule has 1 amide bonds. The van der Waals surface area contributed by atoms with Gasteiger partial charge in [0.25, 0.3) is 0 Å². The van der Waals surface area contributed by atoms with Gasteiger partial charge >= 0.3 is 12.1 Å². The molecule has 0 aliphatic rings. The van der Waals surface area contributed by atoms with Gasteiger partial charge in [-0.3, -0.25) is 5.32 Å². The number of rotatable bonds is 4. The minimum absolute atomic E-state index is 0.0956. The number of carbonyl (C=O) groups excluding carboxylic acids is 1. The van der Waals surface area contributed by atoms with Crippen molar-refractivity contribution in [3.05, 3.63) is 59.3 Å². The van der Waals surface area contributed by atoms with E-state index in [1.165, 1.54) is 12.3 Å². The van der Waals surface area contributed by atoms with Crippen LogP contribution in [0.2, 0.25) is 0 Å². The molecule has 0 saturated carbocycles. The summed E-state index contributed by atoms with van der Waals surface area (Å²) in [4.78, 5) is 26.4. The Morgan fingerprint density at radius 1 is 1.29 bits per heavy atom. The molecular weight excluding hydrogens is 272 g/mol. The van der Waals surface area contributed by atoms with Crippen LogP contribution in [-0.4, -0.2) is 22.2 Å². The van der Waals surface area contributed by atoms with E-state index in [4.69, 9.17) is 9.84 Å². The van der Waals surface area contributed by atoms with E-state index in [9.17, 15) is 9.59 Å². The van der Waals surface area contributed by atoms with Gasteiger partial charge in [0.2, 0.25) is 0 Å². The van der Waals surface area contributed by atoms with Crippen LogP contribution in [0.3, 0.4) is 0 Å². The first kappa shape index (κ1) is 14.5. The molecule has 108 valence electrons. The van der Waals surface area contributed by atoms with E-state index in [2.05, 4.69) is 10.3 Å². The molecular formula is C15H14N2O4. The third-order valence-electron chi connectivity index (χ3n) is 2.78. The maximum absolute atomic E-state index is 11.6. The highest BCUT2D eigenvalue weighted by Crippen LogP contribution is 2.12. The highest BCUT2D eigenvalue weighted by Gasteiger charge is 2.10. The van der Waals surface area contributed by atoms with Crippen molar-refractivity contribution in [1.82, 2.24) is 4.98 Å². The van der Waals surface area contributed by atoms with Gasteiger partial charge in [-0.2, -0.15) is 0 Å². The lowest BCUT2D eigenvalue weighted by Crippen LogP contribution is -2.15. The number of hydrogen-bond acceptors (Lipinski definition) is 4. The normalized spacial score (nSPS) is 9.95. The summed E-state index contributed by atoms with van der Waals surface area (Å²) in [6.45, 7) is 1.78. The number of amides is 1. The quantitative estimate of drug-likeness (QED) is 0.902. The van der Waals surface area contributed by atoms with Crippen LogP contribution >= 0.6 is 0 Å². The van der Waals surface area contributed by atoms with Crippen LogP contribution in [-0.2, 0) is 11.3 Å². The number of anilines is 1. The summed E-state index contributed by atoms with van der Waals surface area (Å²) in [6.07, 6.45) is 0.554. The molecule has 0 aliphatic carbocycles. The molecule has 1 aromatic heterocycles. The lowest BCUT2D eigenvalue weighted by atomic mass is 10.1. The van der Waals surface area contributed by atoms with Crippen LogP contribution in [0.15, 0.2) is 42.6 Å². The minimum Gasteiger partial charge on any atom is -0.478 e. The maximum atomic E-state index is 11.6. The number of hydrogen-bond donors (Lipinski definition) is 2. The average Bonchev–Trinajstić information content (AvgIpc) is 2.46. The third-order valence-corrected chi connectivity index (χ3v) is 2.78. The smallest absolute Gasteiger partial charge is 0.413 e. The number of nitrogens with one attached hydrogen (secondary N) is 1. The lowest BCUT2D eigenvalue weighted by Gasteiger charge is -2.08. The van der Waals surface area contributed by atoms with Gasteiger partial charge in [0.05, 0.1) is 5.56 Å². The highest BCUT2D eigenvalue weighted by molar-refractivity contribution is 5.90. The molecule has 2 N–H and O–H groups in total. The SMILES string of the molecule is Cc1cc(NC(=O)OCc2ccccc2)ncc1C(=O)O. The fourth-order valence-corrected chi connectivity index (χ4v) is 1.71. The predicted octanol–water partition coefficient (Wildman–Crippen LogP) is 2.84. The van der Waals surface area contributed by atoms with Crippen molar-refractivity contribution < 1.29 is 19.4 Å². The fraction of sp³-hybridized carbons (Fsp3) is 0.133. The highest BCUT2D eigenvalue weighted by atomic mass is 16.5. The molecule has 0 fully saturated rings. The number of carbonyl (C=O) groups is 2. The number of carboxylic acids is 1. The van der Waals surface area contributed by atoms with Gasteiger partial charge in [-0.25, -0.2) is 14.6 Å². The molecule has 2 aromatic rings. The molecule has 0 atom stereocenters. The Kier molecular flexibility index (Phi) is 4.50. The number of aromatic nitrogens is 1. The summed E-state index contributed by atoms with van der Waals surface area (Å²) < 4.78 is 5.04. The molecule has 0 unspecified atom stereocenters. The zero-order valence-corrected chi connectivity index (χ0v) is 11.4. The molecule has 0 spiro atoms. The van der Waals surface area contributed by atoms with E-state index < -0.39 is 12.1 Å². The van der Waals surface area contributed by atoms with E-state index in [0.717, 1.165) is 5.56 Å². The molecule has 21 heavy (non-hydrogen) atoms. The molecule has 0 radical (unpaired) electrons. The van der Waals surface area contributed by atoms with Crippen molar-refractivity contribution in [2.24, 2.45) is 0 Å². The van der Waals surface area contributed by atoms with Crippen LogP contribution in [0.5, 0.6) is 0 Å². The van der Waals surface area contributed by atoms with Gasteiger partial charge in [-0.15, -0.1) is 0 Å². The van der Waals surface area contributed by atoms with Crippen molar-refractivity contribution >= 4 is 17.9 Å². The first-order valence-electron chi connectivity index (χ1n) is 6.24. The Balaban J connectivity index is 1.94. The van der Waals surface area contributed by atoms with E-state index in [1.54, 1.807) is 6.92 Å². The number of aryl methyl sites for hydroxylation is 1. The fourth-order valence-electron chi connectivity index (χ4n) is 1.71. The zero-order valence-electron chi connectivity index (χ0n) is 11.4. The van der Waals surface area contributed by atoms with Gasteiger partial charge < -0.3 is 9.84 Å². The first-order chi connectivity index (χ1) is 10.1. The molecule has 1 heterocycles. The second kappa shape index (κ2) is 6.51. The van der Waals surface area contributed by atoms with E-state index in [-0.39, 0.29) is 18.0 Å². The van der Waals surface area contributed by atoms with Gasteiger partial charge in [0.15, 0.2) is 0 Å². The molecule has 6 heteroatoms. The van der Waals surface area contributed by atoms with Crippen molar-refractivity contribution in [2.75, 3.05) is 5.32 Å². The molecule has 6 nitrogen and oxygen atoms in total. The largest absolute Gasteiger partial charge is 0.478 e. The summed E-state index contributed by atoms with van der Waals surface area (Å²) in [5.74, 6) is -0.811. The molecule has 1 aromatic carbocycles. The van der Waals surface area contributed by atoms with Crippen molar-refractivity contribution in [2.45, 2.75) is 13.5 Å². The second-order valence-electron chi connectivity index (χ2n) is 4.38. The Hall–Kier alpha value is -2.89. The first-order valence-corrected chi connectivity index (χ1v) is 6.24.